The van der Waals surface area contributed by atoms with Gasteiger partial charge in [0.25, 0.3) is 10.0 Å². The number of aliphatic imine (C=N–C) groups is 1. The van der Waals surface area contributed by atoms with E-state index in [1.165, 1.54) is 18.2 Å². The Balaban J connectivity index is 1.67. The first-order chi connectivity index (χ1) is 14.5. The van der Waals surface area contributed by atoms with Crippen molar-refractivity contribution in [2.75, 3.05) is 19.0 Å². The van der Waals surface area contributed by atoms with Crippen LogP contribution in [0.25, 0.3) is 6.08 Å². The van der Waals surface area contributed by atoms with Gasteiger partial charge in [-0.15, -0.1) is 0 Å². The van der Waals surface area contributed by atoms with Crippen LogP contribution in [-0.2, 0) is 14.8 Å². The molecule has 0 aromatic heterocycles. The molecule has 1 aliphatic rings. The van der Waals surface area contributed by atoms with E-state index in [0.717, 1.165) is 24.8 Å². The summed E-state index contributed by atoms with van der Waals surface area (Å²) < 4.78 is 33.1. The standard InChI is InChI=1S/C22H25N3O4S/c1-29-19-9-5-7-17(15-19)12-13-22(26)24-18-8-6-10-20(16-18)30(27,28)25-21-11-3-2-4-14-23-21/h5-10,12-13,15-16H,2-4,11,14H2,1H3,(H,23,25)(H,24,26)/b13-12+. The maximum atomic E-state index is 12.7. The van der Waals surface area contributed by atoms with Crippen LogP contribution in [0, 0.1) is 0 Å². The Hall–Kier alpha value is -3.13. The van der Waals surface area contributed by atoms with Crippen LogP contribution >= 0.6 is 0 Å². The molecule has 0 spiro atoms. The van der Waals surface area contributed by atoms with Crippen LogP contribution in [0.4, 0.5) is 5.69 Å². The van der Waals surface area contributed by atoms with E-state index in [1.54, 1.807) is 31.4 Å². The Morgan fingerprint density at radius 3 is 2.77 bits per heavy atom. The highest BCUT2D eigenvalue weighted by Crippen LogP contribution is 2.17. The molecule has 158 valence electrons. The van der Waals surface area contributed by atoms with Gasteiger partial charge in [-0.3, -0.25) is 14.5 Å². The first-order valence-corrected chi connectivity index (χ1v) is 11.2. The van der Waals surface area contributed by atoms with E-state index in [9.17, 15) is 13.2 Å². The predicted molar refractivity (Wildman–Crippen MR) is 118 cm³/mol. The summed E-state index contributed by atoms with van der Waals surface area (Å²) in [6.45, 7) is 0.633. The van der Waals surface area contributed by atoms with Gasteiger partial charge in [0.2, 0.25) is 5.91 Å². The van der Waals surface area contributed by atoms with E-state index in [0.29, 0.717) is 30.2 Å². The molecule has 8 heteroatoms. The number of carbonyl (C=O) groups is 1. The summed E-state index contributed by atoms with van der Waals surface area (Å²) in [5.74, 6) is 0.817. The van der Waals surface area contributed by atoms with Crippen molar-refractivity contribution < 1.29 is 17.9 Å². The molecular formula is C22H25N3O4S. The van der Waals surface area contributed by atoms with Crippen molar-refractivity contribution in [1.29, 1.82) is 0 Å². The molecule has 0 unspecified atom stereocenters. The van der Waals surface area contributed by atoms with Gasteiger partial charge in [-0.25, -0.2) is 8.42 Å². The summed E-state index contributed by atoms with van der Waals surface area (Å²) in [6, 6.07) is 13.4. The molecule has 0 saturated heterocycles. The summed E-state index contributed by atoms with van der Waals surface area (Å²) in [6.07, 6.45) is 6.58. The monoisotopic (exact) mass is 427 g/mol. The Morgan fingerprint density at radius 2 is 1.93 bits per heavy atom. The van der Waals surface area contributed by atoms with Gasteiger partial charge in [-0.2, -0.15) is 0 Å². The fourth-order valence-corrected chi connectivity index (χ4v) is 4.15. The number of hydrogen-bond donors (Lipinski definition) is 2. The van der Waals surface area contributed by atoms with Crippen LogP contribution in [0.15, 0.2) is 64.5 Å². The number of hydrogen-bond acceptors (Lipinski definition) is 5. The lowest BCUT2D eigenvalue weighted by atomic mass is 10.2. The molecular weight excluding hydrogens is 402 g/mol. The van der Waals surface area contributed by atoms with Crippen molar-refractivity contribution >= 4 is 33.5 Å². The zero-order valence-electron chi connectivity index (χ0n) is 16.8. The molecule has 1 amide bonds. The second-order valence-electron chi connectivity index (χ2n) is 6.87. The summed E-state index contributed by atoms with van der Waals surface area (Å²) in [4.78, 5) is 16.6. The van der Waals surface area contributed by atoms with Crippen molar-refractivity contribution in [2.24, 2.45) is 4.99 Å². The van der Waals surface area contributed by atoms with Crippen molar-refractivity contribution in [2.45, 2.75) is 30.6 Å². The number of amidine groups is 1. The SMILES string of the molecule is COc1cccc(/C=C/C(=O)Nc2cccc(S(=O)(=O)NC3=NCCCCC3)c2)c1. The number of rotatable bonds is 6. The number of sulfonamides is 1. The van der Waals surface area contributed by atoms with Crippen LogP contribution < -0.4 is 14.8 Å². The van der Waals surface area contributed by atoms with Gasteiger partial charge in [0.1, 0.15) is 11.6 Å². The Bertz CT molecular complexity index is 1060. The average molecular weight is 428 g/mol. The van der Waals surface area contributed by atoms with Gasteiger partial charge in [0, 0.05) is 24.7 Å². The van der Waals surface area contributed by atoms with Gasteiger partial charge in [-0.1, -0.05) is 24.6 Å². The van der Waals surface area contributed by atoms with Crippen molar-refractivity contribution in [3.8, 4) is 5.75 Å². The fraction of sp³-hybridized carbons (Fsp3) is 0.273. The predicted octanol–water partition coefficient (Wildman–Crippen LogP) is 3.60. The van der Waals surface area contributed by atoms with Crippen LogP contribution in [0.2, 0.25) is 0 Å². The minimum Gasteiger partial charge on any atom is -0.497 e. The molecule has 2 aromatic rings. The minimum atomic E-state index is -3.76. The van der Waals surface area contributed by atoms with Crippen molar-refractivity contribution in [3.05, 3.63) is 60.2 Å². The number of nitrogens with zero attached hydrogens (tertiary/aromatic N) is 1. The first kappa shape index (κ1) is 21.6. The molecule has 2 aromatic carbocycles. The number of methoxy groups -OCH3 is 1. The fourth-order valence-electron chi connectivity index (χ4n) is 3.01. The third-order valence-electron chi connectivity index (χ3n) is 4.56. The Labute approximate surface area is 176 Å². The van der Waals surface area contributed by atoms with Crippen LogP contribution in [0.5, 0.6) is 5.75 Å². The molecule has 0 atom stereocenters. The molecule has 0 aliphatic carbocycles. The van der Waals surface area contributed by atoms with E-state index in [1.807, 2.05) is 18.2 Å². The smallest absolute Gasteiger partial charge is 0.262 e. The van der Waals surface area contributed by atoms with E-state index in [-0.39, 0.29) is 10.8 Å². The topological polar surface area (TPSA) is 96.9 Å². The third-order valence-corrected chi connectivity index (χ3v) is 5.94. The number of amides is 1. The molecule has 0 bridgehead atoms. The summed E-state index contributed by atoms with van der Waals surface area (Å²) in [5, 5.41) is 2.69. The van der Waals surface area contributed by atoms with Crippen molar-refractivity contribution in [3.63, 3.8) is 0 Å². The van der Waals surface area contributed by atoms with Crippen LogP contribution in [0.1, 0.15) is 31.2 Å². The van der Waals surface area contributed by atoms with Gasteiger partial charge >= 0.3 is 0 Å². The van der Waals surface area contributed by atoms with Gasteiger partial charge in [0.15, 0.2) is 0 Å². The van der Waals surface area contributed by atoms with E-state index in [2.05, 4.69) is 15.0 Å². The maximum absolute atomic E-state index is 12.7. The second kappa shape index (κ2) is 10.1. The molecule has 0 saturated carbocycles. The number of anilines is 1. The van der Waals surface area contributed by atoms with Gasteiger partial charge in [0.05, 0.1) is 12.0 Å². The minimum absolute atomic E-state index is 0.0732. The number of carbonyl (C=O) groups excluding carboxylic acids is 1. The molecule has 1 heterocycles. The van der Waals surface area contributed by atoms with Crippen molar-refractivity contribution in [1.82, 2.24) is 4.72 Å². The summed E-state index contributed by atoms with van der Waals surface area (Å²) in [7, 11) is -2.18. The largest absolute Gasteiger partial charge is 0.497 e. The molecule has 3 rings (SSSR count). The maximum Gasteiger partial charge on any atom is 0.262 e. The van der Waals surface area contributed by atoms with E-state index >= 15 is 0 Å². The highest BCUT2D eigenvalue weighted by Gasteiger charge is 2.17. The molecule has 2 N–H and O–H groups in total. The number of nitrogens with one attached hydrogen (secondary N) is 2. The van der Waals surface area contributed by atoms with Gasteiger partial charge < -0.3 is 10.1 Å². The second-order valence-corrected chi connectivity index (χ2v) is 8.55. The molecule has 0 radical (unpaired) electrons. The van der Waals surface area contributed by atoms with Crippen LogP contribution in [0.3, 0.4) is 0 Å². The zero-order chi connectivity index (χ0) is 21.4. The number of ether oxygens (including phenoxy) is 1. The molecule has 0 fully saturated rings. The molecule has 1 aliphatic heterocycles. The Kier molecular flexibility index (Phi) is 7.24. The lowest BCUT2D eigenvalue weighted by Gasteiger charge is -2.11. The summed E-state index contributed by atoms with van der Waals surface area (Å²) in [5.41, 5.74) is 1.20. The average Bonchev–Trinajstić information content (AvgIpc) is 3.01. The van der Waals surface area contributed by atoms with Crippen LogP contribution in [-0.4, -0.2) is 33.8 Å². The zero-order valence-corrected chi connectivity index (χ0v) is 17.6. The lowest BCUT2D eigenvalue weighted by molar-refractivity contribution is -0.111. The number of benzene rings is 2. The van der Waals surface area contributed by atoms with Gasteiger partial charge in [-0.05, 0) is 54.8 Å². The molecule has 7 nitrogen and oxygen atoms in total. The highest BCUT2D eigenvalue weighted by molar-refractivity contribution is 7.90. The lowest BCUT2D eigenvalue weighted by Crippen LogP contribution is -2.30. The molecule has 30 heavy (non-hydrogen) atoms. The highest BCUT2D eigenvalue weighted by atomic mass is 32.2. The van der Waals surface area contributed by atoms with E-state index in [4.69, 9.17) is 4.74 Å². The van der Waals surface area contributed by atoms with E-state index < -0.39 is 10.0 Å². The Morgan fingerprint density at radius 1 is 1.10 bits per heavy atom. The third kappa shape index (κ3) is 6.18. The summed E-state index contributed by atoms with van der Waals surface area (Å²) >= 11 is 0. The quantitative estimate of drug-likeness (QED) is 0.689. The first-order valence-electron chi connectivity index (χ1n) is 9.75. The normalized spacial score (nSPS) is 14.6.